The summed E-state index contributed by atoms with van der Waals surface area (Å²) in [7, 11) is 0. The van der Waals surface area contributed by atoms with E-state index < -0.39 is 11.9 Å². The smallest absolute Gasteiger partial charge is 0.343 e. The van der Waals surface area contributed by atoms with E-state index >= 15 is 0 Å². The number of hydrogen-bond donors (Lipinski definition) is 1. The van der Waals surface area contributed by atoms with Crippen LogP contribution in [0.1, 0.15) is 20.7 Å². The molecule has 0 aliphatic carbocycles. The fraction of sp³-hybridized carbons (Fsp3) is 0. The van der Waals surface area contributed by atoms with Crippen molar-refractivity contribution < 1.29 is 14.3 Å². The zero-order valence-electron chi connectivity index (χ0n) is 13.3. The van der Waals surface area contributed by atoms with Gasteiger partial charge in [-0.1, -0.05) is 41.4 Å². The van der Waals surface area contributed by atoms with Crippen LogP contribution < -0.4 is 10.1 Å². The highest BCUT2D eigenvalue weighted by Crippen LogP contribution is 2.25. The number of carbonyl (C=O) groups is 2. The number of nitrogens with one attached hydrogen (secondary N) is 1. The number of esters is 1. The minimum atomic E-state index is -0.575. The van der Waals surface area contributed by atoms with Crippen molar-refractivity contribution in [3.63, 3.8) is 0 Å². The maximum atomic E-state index is 12.6. The Hall–Kier alpha value is -2.89. The number of pyridine rings is 1. The van der Waals surface area contributed by atoms with Crippen molar-refractivity contribution in [1.82, 2.24) is 4.98 Å². The van der Waals surface area contributed by atoms with Crippen molar-refractivity contribution in [2.75, 3.05) is 5.32 Å². The van der Waals surface area contributed by atoms with Gasteiger partial charge in [0.2, 0.25) is 0 Å². The predicted octanol–water partition coefficient (Wildman–Crippen LogP) is 4.86. The summed E-state index contributed by atoms with van der Waals surface area (Å²) in [6.45, 7) is 0. The fourth-order valence-electron chi connectivity index (χ4n) is 2.18. The first-order chi connectivity index (χ1) is 12.5. The quantitative estimate of drug-likeness (QED) is 0.394. The van der Waals surface area contributed by atoms with E-state index in [-0.39, 0.29) is 16.5 Å². The molecule has 3 rings (SSSR count). The molecular formula is C19H12Cl2N2O3. The van der Waals surface area contributed by atoms with E-state index in [2.05, 4.69) is 10.3 Å². The molecule has 0 aliphatic rings. The molecule has 1 amide bonds. The first kappa shape index (κ1) is 17.9. The third-order valence-electron chi connectivity index (χ3n) is 3.38. The topological polar surface area (TPSA) is 68.3 Å². The lowest BCUT2D eigenvalue weighted by molar-refractivity contribution is 0.0733. The van der Waals surface area contributed by atoms with Gasteiger partial charge in [0.05, 0.1) is 11.1 Å². The van der Waals surface area contributed by atoms with E-state index in [4.69, 9.17) is 27.9 Å². The average molecular weight is 387 g/mol. The molecule has 1 N–H and O–H groups in total. The number of halogens is 2. The molecule has 1 aromatic heterocycles. The lowest BCUT2D eigenvalue weighted by Crippen LogP contribution is -2.16. The molecule has 0 fully saturated rings. The summed E-state index contributed by atoms with van der Waals surface area (Å²) in [6.07, 6.45) is 1.46. The Balaban J connectivity index is 1.86. The number of benzene rings is 2. The van der Waals surface area contributed by atoms with Gasteiger partial charge in [0, 0.05) is 16.9 Å². The highest BCUT2D eigenvalue weighted by atomic mass is 35.5. The molecule has 5 nitrogen and oxygen atoms in total. The van der Waals surface area contributed by atoms with E-state index in [0.29, 0.717) is 16.3 Å². The Kier molecular flexibility index (Phi) is 5.51. The van der Waals surface area contributed by atoms with E-state index in [0.717, 1.165) is 0 Å². The number of hydrogen-bond acceptors (Lipinski definition) is 4. The first-order valence-corrected chi connectivity index (χ1v) is 8.28. The second-order valence-electron chi connectivity index (χ2n) is 5.22. The second kappa shape index (κ2) is 7.99. The minimum Gasteiger partial charge on any atom is -0.422 e. The van der Waals surface area contributed by atoms with Crippen molar-refractivity contribution in [3.8, 4) is 5.75 Å². The maximum absolute atomic E-state index is 12.6. The van der Waals surface area contributed by atoms with Gasteiger partial charge in [0.1, 0.15) is 10.9 Å². The molecule has 1 heterocycles. The lowest BCUT2D eigenvalue weighted by Gasteiger charge is -2.11. The number of rotatable bonds is 4. The molecule has 0 bridgehead atoms. The summed E-state index contributed by atoms with van der Waals surface area (Å²) < 4.78 is 5.37. The van der Waals surface area contributed by atoms with Crippen LogP contribution in [0.5, 0.6) is 5.75 Å². The number of amides is 1. The Labute approximate surface area is 159 Å². The molecule has 0 spiro atoms. The molecule has 0 unspecified atom stereocenters. The monoisotopic (exact) mass is 386 g/mol. The van der Waals surface area contributed by atoms with Crippen LogP contribution in [0.3, 0.4) is 0 Å². The van der Waals surface area contributed by atoms with Crippen LogP contribution in [0, 0.1) is 0 Å². The molecule has 0 saturated carbocycles. The number of anilines is 1. The molecule has 0 atom stereocenters. The summed E-state index contributed by atoms with van der Waals surface area (Å²) >= 11 is 11.8. The van der Waals surface area contributed by atoms with Crippen LogP contribution in [0.2, 0.25) is 10.2 Å². The summed E-state index contributed by atoms with van der Waals surface area (Å²) in [5.74, 6) is -0.972. The van der Waals surface area contributed by atoms with Gasteiger partial charge >= 0.3 is 5.97 Å². The molecule has 0 radical (unpaired) electrons. The van der Waals surface area contributed by atoms with Crippen molar-refractivity contribution >= 4 is 40.8 Å². The van der Waals surface area contributed by atoms with Gasteiger partial charge in [-0.05, 0) is 42.5 Å². The van der Waals surface area contributed by atoms with Crippen LogP contribution in [0.15, 0.2) is 66.9 Å². The summed E-state index contributed by atoms with van der Waals surface area (Å²) in [6, 6.07) is 16.0. The van der Waals surface area contributed by atoms with Crippen LogP contribution in [-0.4, -0.2) is 16.9 Å². The summed E-state index contributed by atoms with van der Waals surface area (Å²) in [5, 5.41) is 3.24. The van der Waals surface area contributed by atoms with Crippen molar-refractivity contribution in [2.24, 2.45) is 0 Å². The van der Waals surface area contributed by atoms with Crippen LogP contribution in [0.4, 0.5) is 5.69 Å². The maximum Gasteiger partial charge on any atom is 0.343 e. The molecule has 3 aromatic rings. The van der Waals surface area contributed by atoms with Gasteiger partial charge < -0.3 is 10.1 Å². The highest BCUT2D eigenvalue weighted by Gasteiger charge is 2.17. The standard InChI is InChI=1S/C19H12Cl2N2O3/c20-13-6-7-16(26-19(25)12-4-2-1-3-5-12)15(10-13)18(24)23-14-8-9-22-17(21)11-14/h1-11H,(H,22,23,24). The van der Waals surface area contributed by atoms with Gasteiger partial charge in [0.15, 0.2) is 0 Å². The second-order valence-corrected chi connectivity index (χ2v) is 6.04. The number of ether oxygens (including phenoxy) is 1. The molecule has 26 heavy (non-hydrogen) atoms. The van der Waals surface area contributed by atoms with Gasteiger partial charge in [-0.15, -0.1) is 0 Å². The number of aromatic nitrogens is 1. The molecule has 130 valence electrons. The van der Waals surface area contributed by atoms with E-state index in [9.17, 15) is 9.59 Å². The normalized spacial score (nSPS) is 10.2. The van der Waals surface area contributed by atoms with E-state index in [1.807, 2.05) is 0 Å². The highest BCUT2D eigenvalue weighted by molar-refractivity contribution is 6.31. The predicted molar refractivity (Wildman–Crippen MR) is 100 cm³/mol. The molecule has 0 aliphatic heterocycles. The largest absolute Gasteiger partial charge is 0.422 e. The first-order valence-electron chi connectivity index (χ1n) is 7.52. The van der Waals surface area contributed by atoms with Gasteiger partial charge in [-0.2, -0.15) is 0 Å². The Morgan fingerprint density at radius 1 is 0.962 bits per heavy atom. The summed E-state index contributed by atoms with van der Waals surface area (Å²) in [4.78, 5) is 28.7. The number of nitrogens with zero attached hydrogens (tertiary/aromatic N) is 1. The molecule has 2 aromatic carbocycles. The van der Waals surface area contributed by atoms with E-state index in [1.54, 1.807) is 36.4 Å². The Bertz CT molecular complexity index is 962. The van der Waals surface area contributed by atoms with Crippen molar-refractivity contribution in [2.45, 2.75) is 0 Å². The Morgan fingerprint density at radius 3 is 2.46 bits per heavy atom. The van der Waals surface area contributed by atoms with Gasteiger partial charge in [0.25, 0.3) is 5.91 Å². The minimum absolute atomic E-state index is 0.0981. The van der Waals surface area contributed by atoms with Crippen LogP contribution >= 0.6 is 23.2 Å². The molecule has 0 saturated heterocycles. The van der Waals surface area contributed by atoms with Gasteiger partial charge in [-0.3, -0.25) is 4.79 Å². The van der Waals surface area contributed by atoms with Crippen molar-refractivity contribution in [3.05, 3.63) is 88.2 Å². The summed E-state index contributed by atoms with van der Waals surface area (Å²) in [5.41, 5.74) is 0.944. The molecular weight excluding hydrogens is 375 g/mol. The molecule has 7 heteroatoms. The third kappa shape index (κ3) is 4.39. The Morgan fingerprint density at radius 2 is 1.73 bits per heavy atom. The lowest BCUT2D eigenvalue weighted by atomic mass is 10.1. The van der Waals surface area contributed by atoms with Crippen molar-refractivity contribution in [1.29, 1.82) is 0 Å². The van der Waals surface area contributed by atoms with E-state index in [1.165, 1.54) is 30.5 Å². The zero-order chi connectivity index (χ0) is 18.5. The third-order valence-corrected chi connectivity index (χ3v) is 3.82. The zero-order valence-corrected chi connectivity index (χ0v) is 14.8. The number of carbonyl (C=O) groups excluding carboxylic acids is 2. The fourth-order valence-corrected chi connectivity index (χ4v) is 2.53. The van der Waals surface area contributed by atoms with Crippen LogP contribution in [0.25, 0.3) is 0 Å². The van der Waals surface area contributed by atoms with Crippen LogP contribution in [-0.2, 0) is 0 Å². The SMILES string of the molecule is O=C(Oc1ccc(Cl)cc1C(=O)Nc1ccnc(Cl)c1)c1ccccc1. The average Bonchev–Trinajstić information content (AvgIpc) is 2.64. The van der Waals surface area contributed by atoms with Gasteiger partial charge in [-0.25, -0.2) is 9.78 Å².